The van der Waals surface area contributed by atoms with Gasteiger partial charge < -0.3 is 20.1 Å². The minimum atomic E-state index is -0.901. The van der Waals surface area contributed by atoms with E-state index in [0.29, 0.717) is 6.54 Å². The summed E-state index contributed by atoms with van der Waals surface area (Å²) in [5.74, 6) is -1.55. The number of methoxy groups -OCH3 is 1. The van der Waals surface area contributed by atoms with Gasteiger partial charge in [0.1, 0.15) is 6.54 Å². The van der Waals surface area contributed by atoms with E-state index in [1.165, 1.54) is 12.0 Å². The van der Waals surface area contributed by atoms with E-state index in [2.05, 4.69) is 10.1 Å². The molecule has 0 saturated carbocycles. The Hall–Kier alpha value is -1.79. The molecule has 1 atom stereocenters. The predicted molar refractivity (Wildman–Crippen MR) is 68.7 cm³/mol. The smallest absolute Gasteiger partial charge is 0.325 e. The number of hydrogen-bond donors (Lipinski definition) is 2. The van der Waals surface area contributed by atoms with Crippen molar-refractivity contribution < 1.29 is 24.2 Å². The van der Waals surface area contributed by atoms with Gasteiger partial charge in [-0.05, 0) is 12.3 Å². The second-order valence-electron chi connectivity index (χ2n) is 4.39. The summed E-state index contributed by atoms with van der Waals surface area (Å²) in [5.41, 5.74) is 0. The summed E-state index contributed by atoms with van der Waals surface area (Å²) in [7, 11) is 1.26. The molecule has 2 N–H and O–H groups in total. The van der Waals surface area contributed by atoms with Crippen molar-refractivity contribution in [3.05, 3.63) is 0 Å². The quantitative estimate of drug-likeness (QED) is 0.635. The SMILES string of the molecule is CCCN(CC(=O)OC)C(=O)NCC(C)CC(=O)O. The largest absolute Gasteiger partial charge is 0.481 e. The van der Waals surface area contributed by atoms with Crippen molar-refractivity contribution in [2.75, 3.05) is 26.7 Å². The van der Waals surface area contributed by atoms with Crippen LogP contribution in [0, 0.1) is 5.92 Å². The third kappa shape index (κ3) is 8.01. The van der Waals surface area contributed by atoms with Gasteiger partial charge >= 0.3 is 18.0 Å². The lowest BCUT2D eigenvalue weighted by Gasteiger charge is -2.22. The van der Waals surface area contributed by atoms with Crippen LogP contribution in [0.1, 0.15) is 26.7 Å². The summed E-state index contributed by atoms with van der Waals surface area (Å²) >= 11 is 0. The molecular formula is C12H22N2O5. The summed E-state index contributed by atoms with van der Waals surface area (Å²) < 4.78 is 4.52. The Bertz CT molecular complexity index is 319. The number of hydrogen-bond acceptors (Lipinski definition) is 4. The molecule has 7 heteroatoms. The third-order valence-corrected chi connectivity index (χ3v) is 2.45. The molecule has 0 spiro atoms. The van der Waals surface area contributed by atoms with Gasteiger partial charge in [0.15, 0.2) is 0 Å². The standard InChI is InChI=1S/C12H22N2O5/c1-4-5-14(8-11(17)19-3)12(18)13-7-9(2)6-10(15)16/h9H,4-8H2,1-3H3,(H,13,18)(H,15,16). The Kier molecular flexibility index (Phi) is 8.32. The first kappa shape index (κ1) is 17.2. The highest BCUT2D eigenvalue weighted by Gasteiger charge is 2.17. The minimum absolute atomic E-state index is 0.00887. The van der Waals surface area contributed by atoms with Gasteiger partial charge in [-0.3, -0.25) is 9.59 Å². The number of carboxylic acid groups (broad SMARTS) is 1. The topological polar surface area (TPSA) is 95.9 Å². The molecule has 0 saturated heterocycles. The lowest BCUT2D eigenvalue weighted by Crippen LogP contribution is -2.44. The van der Waals surface area contributed by atoms with E-state index in [0.717, 1.165) is 6.42 Å². The van der Waals surface area contributed by atoms with Crippen LogP contribution in [0.15, 0.2) is 0 Å². The van der Waals surface area contributed by atoms with Crippen LogP contribution in [0.2, 0.25) is 0 Å². The zero-order chi connectivity index (χ0) is 14.8. The predicted octanol–water partition coefficient (Wildman–Crippen LogP) is 0.692. The van der Waals surface area contributed by atoms with E-state index < -0.39 is 11.9 Å². The highest BCUT2D eigenvalue weighted by Crippen LogP contribution is 2.01. The van der Waals surface area contributed by atoms with Gasteiger partial charge in [-0.25, -0.2) is 4.79 Å². The number of aliphatic carboxylic acids is 1. The normalized spacial score (nSPS) is 11.5. The van der Waals surface area contributed by atoms with Crippen molar-refractivity contribution in [2.45, 2.75) is 26.7 Å². The molecule has 7 nitrogen and oxygen atoms in total. The van der Waals surface area contributed by atoms with Gasteiger partial charge in [-0.15, -0.1) is 0 Å². The number of ether oxygens (including phenoxy) is 1. The number of carbonyl (C=O) groups excluding carboxylic acids is 2. The third-order valence-electron chi connectivity index (χ3n) is 2.45. The lowest BCUT2D eigenvalue weighted by molar-refractivity contribution is -0.141. The number of esters is 1. The highest BCUT2D eigenvalue weighted by molar-refractivity contribution is 5.80. The molecule has 0 fully saturated rings. The fraction of sp³-hybridized carbons (Fsp3) is 0.750. The molecule has 0 radical (unpaired) electrons. The zero-order valence-electron chi connectivity index (χ0n) is 11.6. The maximum atomic E-state index is 11.8. The van der Waals surface area contributed by atoms with E-state index in [4.69, 9.17) is 5.11 Å². The molecule has 0 rings (SSSR count). The minimum Gasteiger partial charge on any atom is -0.481 e. The molecule has 1 unspecified atom stereocenters. The monoisotopic (exact) mass is 274 g/mol. The van der Waals surface area contributed by atoms with Gasteiger partial charge in [0.25, 0.3) is 0 Å². The molecule has 0 heterocycles. The van der Waals surface area contributed by atoms with Gasteiger partial charge in [-0.2, -0.15) is 0 Å². The molecule has 0 aliphatic carbocycles. The first-order valence-electron chi connectivity index (χ1n) is 6.22. The van der Waals surface area contributed by atoms with Gasteiger partial charge in [0.2, 0.25) is 0 Å². The summed E-state index contributed by atoms with van der Waals surface area (Å²) in [5, 5.41) is 11.2. The van der Waals surface area contributed by atoms with Crippen LogP contribution in [-0.4, -0.2) is 54.7 Å². The van der Waals surface area contributed by atoms with Crippen molar-refractivity contribution in [1.82, 2.24) is 10.2 Å². The van der Waals surface area contributed by atoms with E-state index in [9.17, 15) is 14.4 Å². The van der Waals surface area contributed by atoms with Crippen LogP contribution in [0.3, 0.4) is 0 Å². The molecule has 0 aromatic heterocycles. The highest BCUT2D eigenvalue weighted by atomic mass is 16.5. The molecule has 2 amide bonds. The molecule has 0 aliphatic heterocycles. The number of urea groups is 1. The van der Waals surface area contributed by atoms with Crippen LogP contribution < -0.4 is 5.32 Å². The summed E-state index contributed by atoms with van der Waals surface area (Å²) in [6, 6.07) is -0.385. The van der Waals surface area contributed by atoms with E-state index in [1.807, 2.05) is 6.92 Å². The number of carboxylic acids is 1. The van der Waals surface area contributed by atoms with E-state index in [-0.39, 0.29) is 31.5 Å². The average Bonchev–Trinajstić information content (AvgIpc) is 2.34. The van der Waals surface area contributed by atoms with Crippen molar-refractivity contribution in [3.8, 4) is 0 Å². The van der Waals surface area contributed by atoms with Crippen LogP contribution in [0.4, 0.5) is 4.79 Å². The zero-order valence-corrected chi connectivity index (χ0v) is 11.6. The Morgan fingerprint density at radius 1 is 1.37 bits per heavy atom. The number of nitrogens with one attached hydrogen (secondary N) is 1. The Balaban J connectivity index is 4.24. The van der Waals surface area contributed by atoms with Crippen LogP contribution in [0.5, 0.6) is 0 Å². The van der Waals surface area contributed by atoms with Crippen molar-refractivity contribution in [2.24, 2.45) is 5.92 Å². The van der Waals surface area contributed by atoms with Crippen molar-refractivity contribution in [1.29, 1.82) is 0 Å². The maximum Gasteiger partial charge on any atom is 0.325 e. The lowest BCUT2D eigenvalue weighted by atomic mass is 10.1. The molecule has 110 valence electrons. The van der Waals surface area contributed by atoms with E-state index >= 15 is 0 Å². The number of amides is 2. The average molecular weight is 274 g/mol. The number of rotatable bonds is 8. The molecule has 0 aromatic rings. The maximum absolute atomic E-state index is 11.8. The first-order chi connectivity index (χ1) is 8.90. The molecule has 19 heavy (non-hydrogen) atoms. The number of carbonyl (C=O) groups is 3. The van der Waals surface area contributed by atoms with Crippen LogP contribution in [-0.2, 0) is 14.3 Å². The van der Waals surface area contributed by atoms with Gasteiger partial charge in [0.05, 0.1) is 7.11 Å². The summed E-state index contributed by atoms with van der Waals surface area (Å²) in [4.78, 5) is 34.8. The fourth-order valence-corrected chi connectivity index (χ4v) is 1.49. The fourth-order valence-electron chi connectivity index (χ4n) is 1.49. The Morgan fingerprint density at radius 3 is 2.47 bits per heavy atom. The van der Waals surface area contributed by atoms with Crippen molar-refractivity contribution >= 4 is 18.0 Å². The second kappa shape index (κ2) is 9.18. The molecule has 0 bridgehead atoms. The van der Waals surface area contributed by atoms with Crippen LogP contribution in [0.25, 0.3) is 0 Å². The van der Waals surface area contributed by atoms with Crippen molar-refractivity contribution in [3.63, 3.8) is 0 Å². The van der Waals surface area contributed by atoms with Gasteiger partial charge in [0, 0.05) is 19.5 Å². The number of nitrogens with zero attached hydrogens (tertiary/aromatic N) is 1. The second-order valence-corrected chi connectivity index (χ2v) is 4.39. The summed E-state index contributed by atoms with van der Waals surface area (Å²) in [6.45, 7) is 4.22. The van der Waals surface area contributed by atoms with Gasteiger partial charge in [-0.1, -0.05) is 13.8 Å². The first-order valence-corrected chi connectivity index (χ1v) is 6.22. The van der Waals surface area contributed by atoms with E-state index in [1.54, 1.807) is 6.92 Å². The summed E-state index contributed by atoms with van der Waals surface area (Å²) in [6.07, 6.45) is 0.708. The molecule has 0 aliphatic rings. The van der Waals surface area contributed by atoms with Crippen LogP contribution >= 0.6 is 0 Å². The Morgan fingerprint density at radius 2 is 2.00 bits per heavy atom. The molecular weight excluding hydrogens is 252 g/mol. The Labute approximate surface area is 112 Å². The molecule has 0 aromatic carbocycles.